The van der Waals surface area contributed by atoms with E-state index in [1.54, 1.807) is 0 Å². The zero-order chi connectivity index (χ0) is 13.9. The molecular weight excluding hydrogens is 238 g/mol. The minimum Gasteiger partial charge on any atom is -0.491 e. The van der Waals surface area contributed by atoms with E-state index >= 15 is 0 Å². The maximum Gasteiger partial charge on any atom is 0.119 e. The summed E-state index contributed by atoms with van der Waals surface area (Å²) in [6.45, 7) is 10.5. The van der Waals surface area contributed by atoms with Crippen LogP contribution in [0, 0.1) is 5.92 Å². The van der Waals surface area contributed by atoms with E-state index in [1.165, 1.54) is 5.56 Å². The van der Waals surface area contributed by atoms with E-state index in [9.17, 15) is 0 Å². The lowest BCUT2D eigenvalue weighted by molar-refractivity contribution is 0.0925. The highest BCUT2D eigenvalue weighted by Crippen LogP contribution is 2.13. The normalized spacial score (nSPS) is 10.9. The molecule has 0 aromatic heterocycles. The van der Waals surface area contributed by atoms with Gasteiger partial charge >= 0.3 is 0 Å². The SMILES string of the molecule is CCNCc1cccc(OCCOCCC(C)C)c1. The molecule has 0 fully saturated rings. The maximum atomic E-state index is 5.68. The van der Waals surface area contributed by atoms with Crippen LogP contribution in [0.2, 0.25) is 0 Å². The average Bonchev–Trinajstić information content (AvgIpc) is 2.40. The molecule has 1 rings (SSSR count). The van der Waals surface area contributed by atoms with Crippen LogP contribution >= 0.6 is 0 Å². The van der Waals surface area contributed by atoms with Gasteiger partial charge in [-0.2, -0.15) is 0 Å². The zero-order valence-electron chi connectivity index (χ0n) is 12.4. The number of ether oxygens (including phenoxy) is 2. The van der Waals surface area contributed by atoms with Crippen molar-refractivity contribution in [2.24, 2.45) is 5.92 Å². The first-order chi connectivity index (χ1) is 9.22. The van der Waals surface area contributed by atoms with Crippen molar-refractivity contribution in [1.29, 1.82) is 0 Å². The van der Waals surface area contributed by atoms with Crippen molar-refractivity contribution in [1.82, 2.24) is 5.32 Å². The van der Waals surface area contributed by atoms with E-state index in [0.29, 0.717) is 19.1 Å². The lowest BCUT2D eigenvalue weighted by Gasteiger charge is -2.09. The second-order valence-electron chi connectivity index (χ2n) is 5.07. The van der Waals surface area contributed by atoms with E-state index in [4.69, 9.17) is 9.47 Å². The molecule has 1 N–H and O–H groups in total. The molecule has 0 unspecified atom stereocenters. The Bertz CT molecular complexity index is 339. The van der Waals surface area contributed by atoms with Crippen molar-refractivity contribution in [2.45, 2.75) is 33.7 Å². The average molecular weight is 265 g/mol. The molecule has 3 heteroatoms. The van der Waals surface area contributed by atoms with Crippen LogP contribution < -0.4 is 10.1 Å². The van der Waals surface area contributed by atoms with Gasteiger partial charge in [0, 0.05) is 13.2 Å². The Kier molecular flexibility index (Phi) is 8.26. The fraction of sp³-hybridized carbons (Fsp3) is 0.625. The lowest BCUT2D eigenvalue weighted by Crippen LogP contribution is -2.12. The quantitative estimate of drug-likeness (QED) is 0.659. The van der Waals surface area contributed by atoms with Gasteiger partial charge in [0.2, 0.25) is 0 Å². The van der Waals surface area contributed by atoms with Crippen LogP contribution in [0.25, 0.3) is 0 Å². The van der Waals surface area contributed by atoms with Crippen LogP contribution in [0.15, 0.2) is 24.3 Å². The first-order valence-corrected chi connectivity index (χ1v) is 7.22. The number of nitrogens with one attached hydrogen (secondary N) is 1. The van der Waals surface area contributed by atoms with Gasteiger partial charge in [-0.1, -0.05) is 32.9 Å². The summed E-state index contributed by atoms with van der Waals surface area (Å²) in [5, 5.41) is 3.31. The van der Waals surface area contributed by atoms with Crippen LogP contribution in [-0.4, -0.2) is 26.4 Å². The van der Waals surface area contributed by atoms with E-state index in [-0.39, 0.29) is 0 Å². The molecule has 0 spiro atoms. The van der Waals surface area contributed by atoms with Gasteiger partial charge in [0.05, 0.1) is 6.61 Å². The minimum atomic E-state index is 0.614. The maximum absolute atomic E-state index is 5.68. The molecule has 0 heterocycles. The Morgan fingerprint density at radius 2 is 2.00 bits per heavy atom. The number of rotatable bonds is 10. The Labute approximate surface area is 117 Å². The Morgan fingerprint density at radius 1 is 1.16 bits per heavy atom. The summed E-state index contributed by atoms with van der Waals surface area (Å²) in [7, 11) is 0. The second kappa shape index (κ2) is 9.82. The Balaban J connectivity index is 2.18. The molecule has 0 aliphatic heterocycles. The Hall–Kier alpha value is -1.06. The number of benzene rings is 1. The highest BCUT2D eigenvalue weighted by Gasteiger charge is 1.98. The largest absolute Gasteiger partial charge is 0.491 e. The Morgan fingerprint density at radius 3 is 2.74 bits per heavy atom. The first-order valence-electron chi connectivity index (χ1n) is 7.22. The van der Waals surface area contributed by atoms with Crippen molar-refractivity contribution in [3.63, 3.8) is 0 Å². The summed E-state index contributed by atoms with van der Waals surface area (Å²) < 4.78 is 11.2. The molecule has 0 aliphatic carbocycles. The molecule has 108 valence electrons. The van der Waals surface area contributed by atoms with E-state index < -0.39 is 0 Å². The van der Waals surface area contributed by atoms with E-state index in [0.717, 1.165) is 31.9 Å². The molecule has 0 aliphatic rings. The monoisotopic (exact) mass is 265 g/mol. The standard InChI is InChI=1S/C16H27NO2/c1-4-17-13-15-6-5-7-16(12-15)19-11-10-18-9-8-14(2)3/h5-7,12,14,17H,4,8-11,13H2,1-3H3. The molecule has 0 bridgehead atoms. The van der Waals surface area contributed by atoms with Crippen molar-refractivity contribution >= 4 is 0 Å². The van der Waals surface area contributed by atoms with Gasteiger partial charge in [0.15, 0.2) is 0 Å². The van der Waals surface area contributed by atoms with Crippen molar-refractivity contribution in [3.05, 3.63) is 29.8 Å². The van der Waals surface area contributed by atoms with Crippen LogP contribution in [-0.2, 0) is 11.3 Å². The fourth-order valence-corrected chi connectivity index (χ4v) is 1.65. The topological polar surface area (TPSA) is 30.5 Å². The van der Waals surface area contributed by atoms with E-state index in [1.807, 2.05) is 12.1 Å². The van der Waals surface area contributed by atoms with Crippen LogP contribution in [0.4, 0.5) is 0 Å². The fourth-order valence-electron chi connectivity index (χ4n) is 1.65. The highest BCUT2D eigenvalue weighted by molar-refractivity contribution is 5.28. The molecule has 1 aromatic carbocycles. The summed E-state index contributed by atoms with van der Waals surface area (Å²) in [5.74, 6) is 1.62. The molecule has 0 saturated heterocycles. The minimum absolute atomic E-state index is 0.614. The number of hydrogen-bond donors (Lipinski definition) is 1. The molecular formula is C16H27NO2. The van der Waals surface area contributed by atoms with Crippen LogP contribution in [0.3, 0.4) is 0 Å². The second-order valence-corrected chi connectivity index (χ2v) is 5.07. The summed E-state index contributed by atoms with van der Waals surface area (Å²) in [5.41, 5.74) is 1.25. The summed E-state index contributed by atoms with van der Waals surface area (Å²) >= 11 is 0. The third-order valence-electron chi connectivity index (χ3n) is 2.81. The van der Waals surface area contributed by atoms with Gasteiger partial charge in [-0.05, 0) is 36.6 Å². The first kappa shape index (κ1) is 16.0. The van der Waals surface area contributed by atoms with Gasteiger partial charge in [0.25, 0.3) is 0 Å². The molecule has 0 amide bonds. The van der Waals surface area contributed by atoms with Crippen LogP contribution in [0.5, 0.6) is 5.75 Å². The third-order valence-corrected chi connectivity index (χ3v) is 2.81. The third kappa shape index (κ3) is 7.85. The van der Waals surface area contributed by atoms with Gasteiger partial charge in [-0.25, -0.2) is 0 Å². The molecule has 0 saturated carbocycles. The van der Waals surface area contributed by atoms with Gasteiger partial charge in [-0.15, -0.1) is 0 Å². The van der Waals surface area contributed by atoms with Crippen molar-refractivity contribution in [3.8, 4) is 5.75 Å². The zero-order valence-corrected chi connectivity index (χ0v) is 12.4. The van der Waals surface area contributed by atoms with Crippen LogP contribution in [0.1, 0.15) is 32.8 Å². The predicted molar refractivity (Wildman–Crippen MR) is 79.6 cm³/mol. The molecule has 3 nitrogen and oxygen atoms in total. The molecule has 19 heavy (non-hydrogen) atoms. The highest BCUT2D eigenvalue weighted by atomic mass is 16.5. The van der Waals surface area contributed by atoms with Crippen molar-refractivity contribution < 1.29 is 9.47 Å². The molecule has 0 radical (unpaired) electrons. The predicted octanol–water partition coefficient (Wildman–Crippen LogP) is 3.24. The van der Waals surface area contributed by atoms with Gasteiger partial charge in [-0.3, -0.25) is 0 Å². The summed E-state index contributed by atoms with van der Waals surface area (Å²) in [6, 6.07) is 8.20. The molecule has 1 aromatic rings. The number of hydrogen-bond acceptors (Lipinski definition) is 3. The van der Waals surface area contributed by atoms with Gasteiger partial charge < -0.3 is 14.8 Å². The van der Waals surface area contributed by atoms with Gasteiger partial charge in [0.1, 0.15) is 12.4 Å². The lowest BCUT2D eigenvalue weighted by atomic mass is 10.1. The molecule has 0 atom stereocenters. The summed E-state index contributed by atoms with van der Waals surface area (Å²) in [6.07, 6.45) is 1.11. The van der Waals surface area contributed by atoms with Crippen molar-refractivity contribution in [2.75, 3.05) is 26.4 Å². The summed E-state index contributed by atoms with van der Waals surface area (Å²) in [4.78, 5) is 0. The smallest absolute Gasteiger partial charge is 0.119 e. The van der Waals surface area contributed by atoms with E-state index in [2.05, 4.69) is 38.2 Å².